The molecule has 0 unspecified atom stereocenters. The first kappa shape index (κ1) is 15.8. The average Bonchev–Trinajstić information content (AvgIpc) is 2.55. The van der Waals surface area contributed by atoms with Gasteiger partial charge in [0.25, 0.3) is 0 Å². The molecule has 0 aromatic heterocycles. The number of hydrogen-bond acceptors (Lipinski definition) is 2. The Kier molecular flexibility index (Phi) is 5.62. The van der Waals surface area contributed by atoms with Gasteiger partial charge in [-0.2, -0.15) is 0 Å². The Morgan fingerprint density at radius 1 is 1.24 bits per heavy atom. The summed E-state index contributed by atoms with van der Waals surface area (Å²) in [5, 5.41) is 0. The van der Waals surface area contributed by atoms with Crippen LogP contribution in [0.2, 0.25) is 0 Å². The van der Waals surface area contributed by atoms with Crippen molar-refractivity contribution in [2.75, 3.05) is 23.9 Å². The molecule has 0 atom stereocenters. The van der Waals surface area contributed by atoms with E-state index < -0.39 is 0 Å². The van der Waals surface area contributed by atoms with Gasteiger partial charge in [-0.1, -0.05) is 25.1 Å². The fourth-order valence-corrected chi connectivity index (χ4v) is 2.94. The molecule has 1 aromatic carbocycles. The van der Waals surface area contributed by atoms with Crippen molar-refractivity contribution in [1.82, 2.24) is 4.90 Å². The summed E-state index contributed by atoms with van der Waals surface area (Å²) in [6.07, 6.45) is 2.07. The fraction of sp³-hybridized carbons (Fsp3) is 0.500. The maximum atomic E-state index is 12.3. The van der Waals surface area contributed by atoms with Gasteiger partial charge in [0.15, 0.2) is 0 Å². The van der Waals surface area contributed by atoms with Gasteiger partial charge in [-0.25, -0.2) is 0 Å². The maximum Gasteiger partial charge on any atom is 0.237 e. The van der Waals surface area contributed by atoms with E-state index in [0.717, 1.165) is 18.5 Å². The number of amides is 2. The van der Waals surface area contributed by atoms with Gasteiger partial charge in [-0.3, -0.25) is 9.59 Å². The molecular formula is C16H21ClN2O2. The molecule has 2 rings (SSSR count). The third-order valence-electron chi connectivity index (χ3n) is 3.90. The van der Waals surface area contributed by atoms with Crippen LogP contribution in [-0.4, -0.2) is 41.7 Å². The molecule has 2 amide bonds. The van der Waals surface area contributed by atoms with Crippen molar-refractivity contribution in [3.8, 4) is 0 Å². The molecule has 0 bridgehead atoms. The Morgan fingerprint density at radius 3 is 2.38 bits per heavy atom. The van der Waals surface area contributed by atoms with Crippen molar-refractivity contribution in [2.45, 2.75) is 32.2 Å². The minimum absolute atomic E-state index is 0.0248. The summed E-state index contributed by atoms with van der Waals surface area (Å²) in [5.41, 5.74) is 0.937. The minimum atomic E-state index is -0.0248. The van der Waals surface area contributed by atoms with E-state index in [0.29, 0.717) is 19.5 Å². The van der Waals surface area contributed by atoms with E-state index in [1.807, 2.05) is 42.2 Å². The van der Waals surface area contributed by atoms with Crippen molar-refractivity contribution >= 4 is 29.1 Å². The molecule has 114 valence electrons. The summed E-state index contributed by atoms with van der Waals surface area (Å²) in [5.74, 6) is 0.132. The smallest absolute Gasteiger partial charge is 0.237 e. The summed E-state index contributed by atoms with van der Waals surface area (Å²) >= 11 is 5.60. The van der Waals surface area contributed by atoms with E-state index in [2.05, 4.69) is 0 Å². The summed E-state index contributed by atoms with van der Waals surface area (Å²) in [7, 11) is 0. The number of piperidine rings is 1. The highest BCUT2D eigenvalue weighted by atomic mass is 35.5. The lowest BCUT2D eigenvalue weighted by molar-refractivity contribution is -0.129. The Bertz CT molecular complexity index is 484. The highest BCUT2D eigenvalue weighted by molar-refractivity contribution is 6.27. The van der Waals surface area contributed by atoms with E-state index in [-0.39, 0.29) is 23.7 Å². The quantitative estimate of drug-likeness (QED) is 0.802. The van der Waals surface area contributed by atoms with Crippen molar-refractivity contribution in [3.63, 3.8) is 0 Å². The molecule has 1 saturated heterocycles. The van der Waals surface area contributed by atoms with Gasteiger partial charge in [0, 0.05) is 31.2 Å². The second-order valence-corrected chi connectivity index (χ2v) is 5.47. The zero-order valence-electron chi connectivity index (χ0n) is 12.3. The van der Waals surface area contributed by atoms with Crippen LogP contribution in [0.1, 0.15) is 26.2 Å². The topological polar surface area (TPSA) is 40.6 Å². The number of nitrogens with zero attached hydrogens (tertiary/aromatic N) is 2. The lowest BCUT2D eigenvalue weighted by Gasteiger charge is -2.38. The van der Waals surface area contributed by atoms with Crippen LogP contribution in [0.3, 0.4) is 0 Å². The lowest BCUT2D eigenvalue weighted by Crippen LogP contribution is -2.49. The van der Waals surface area contributed by atoms with Crippen LogP contribution in [0.25, 0.3) is 0 Å². The van der Waals surface area contributed by atoms with Crippen molar-refractivity contribution in [1.29, 1.82) is 0 Å². The Balaban J connectivity index is 2.10. The number of alkyl halides is 1. The average molecular weight is 309 g/mol. The van der Waals surface area contributed by atoms with Crippen LogP contribution in [0.5, 0.6) is 0 Å². The highest BCUT2D eigenvalue weighted by Crippen LogP contribution is 2.24. The highest BCUT2D eigenvalue weighted by Gasteiger charge is 2.29. The third-order valence-corrected chi connectivity index (χ3v) is 4.13. The third kappa shape index (κ3) is 3.76. The van der Waals surface area contributed by atoms with E-state index in [4.69, 9.17) is 11.6 Å². The van der Waals surface area contributed by atoms with E-state index in [9.17, 15) is 9.59 Å². The number of carbonyl (C=O) groups is 2. The molecule has 4 nitrogen and oxygen atoms in total. The molecule has 1 aliphatic rings. The van der Waals surface area contributed by atoms with Gasteiger partial charge in [-0.15, -0.1) is 11.6 Å². The van der Waals surface area contributed by atoms with Crippen LogP contribution < -0.4 is 4.90 Å². The number of halogens is 1. The maximum absolute atomic E-state index is 12.3. The number of hydrogen-bond donors (Lipinski definition) is 0. The van der Waals surface area contributed by atoms with E-state index >= 15 is 0 Å². The normalized spacial score (nSPS) is 15.8. The van der Waals surface area contributed by atoms with Gasteiger partial charge >= 0.3 is 0 Å². The summed E-state index contributed by atoms with van der Waals surface area (Å²) in [6, 6.07) is 9.90. The van der Waals surface area contributed by atoms with E-state index in [1.54, 1.807) is 4.90 Å². The molecular weight excluding hydrogens is 288 g/mol. The molecule has 1 aliphatic heterocycles. The van der Waals surface area contributed by atoms with Gasteiger partial charge in [0.2, 0.25) is 11.8 Å². The van der Waals surface area contributed by atoms with Crippen LogP contribution >= 0.6 is 11.6 Å². The summed E-state index contributed by atoms with van der Waals surface area (Å²) in [4.78, 5) is 27.6. The van der Waals surface area contributed by atoms with Crippen LogP contribution in [-0.2, 0) is 9.59 Å². The summed E-state index contributed by atoms with van der Waals surface area (Å²) in [6.45, 7) is 3.21. The molecule has 1 fully saturated rings. The fourth-order valence-electron chi connectivity index (χ4n) is 2.78. The van der Waals surface area contributed by atoms with Crippen LogP contribution in [0, 0.1) is 0 Å². The molecule has 1 heterocycles. The minimum Gasteiger partial charge on any atom is -0.342 e. The number of carbonyl (C=O) groups excluding carboxylic acids is 2. The molecule has 0 aliphatic carbocycles. The molecule has 1 aromatic rings. The Morgan fingerprint density at radius 2 is 1.86 bits per heavy atom. The predicted octanol–water partition coefficient (Wildman–Crippen LogP) is 2.66. The predicted molar refractivity (Wildman–Crippen MR) is 84.5 cm³/mol. The zero-order valence-corrected chi connectivity index (χ0v) is 13.1. The van der Waals surface area contributed by atoms with Crippen LogP contribution in [0.15, 0.2) is 30.3 Å². The first-order valence-electron chi connectivity index (χ1n) is 7.38. The largest absolute Gasteiger partial charge is 0.342 e. The van der Waals surface area contributed by atoms with Gasteiger partial charge < -0.3 is 9.80 Å². The van der Waals surface area contributed by atoms with Crippen molar-refractivity contribution in [3.05, 3.63) is 30.3 Å². The molecule has 0 radical (unpaired) electrons. The Hall–Kier alpha value is -1.55. The number of rotatable bonds is 4. The van der Waals surface area contributed by atoms with Gasteiger partial charge in [0.05, 0.1) is 0 Å². The zero-order chi connectivity index (χ0) is 15.2. The van der Waals surface area contributed by atoms with Crippen molar-refractivity contribution < 1.29 is 9.59 Å². The first-order valence-corrected chi connectivity index (χ1v) is 7.91. The SMILES string of the molecule is CCC(=O)N(c1ccccc1)C1CCN(C(=O)CCl)CC1. The second-order valence-electron chi connectivity index (χ2n) is 5.20. The van der Waals surface area contributed by atoms with Crippen molar-refractivity contribution in [2.24, 2.45) is 0 Å². The monoisotopic (exact) mass is 308 g/mol. The van der Waals surface area contributed by atoms with Crippen LogP contribution in [0.4, 0.5) is 5.69 Å². The number of benzene rings is 1. The second kappa shape index (κ2) is 7.46. The molecule has 21 heavy (non-hydrogen) atoms. The Labute approximate surface area is 130 Å². The summed E-state index contributed by atoms with van der Waals surface area (Å²) < 4.78 is 0. The number of anilines is 1. The van der Waals surface area contributed by atoms with Gasteiger partial charge in [0.1, 0.15) is 5.88 Å². The molecule has 0 spiro atoms. The number of para-hydroxylation sites is 1. The lowest BCUT2D eigenvalue weighted by atomic mass is 10.0. The molecule has 5 heteroatoms. The van der Waals surface area contributed by atoms with Gasteiger partial charge in [-0.05, 0) is 25.0 Å². The molecule has 0 saturated carbocycles. The standard InChI is InChI=1S/C16H21ClN2O2/c1-2-15(20)19(13-6-4-3-5-7-13)14-8-10-18(11-9-14)16(21)12-17/h3-7,14H,2,8-12H2,1H3. The first-order chi connectivity index (χ1) is 10.2. The number of likely N-dealkylation sites (tertiary alicyclic amines) is 1. The molecule has 0 N–H and O–H groups in total. The van der Waals surface area contributed by atoms with E-state index in [1.165, 1.54) is 0 Å².